The molecular formula is C25H22N+. The summed E-state index contributed by atoms with van der Waals surface area (Å²) in [5, 5.41) is 2.73. The molecule has 1 nitrogen and oxygen atoms in total. The van der Waals surface area contributed by atoms with Crippen LogP contribution in [0.2, 0.25) is 0 Å². The van der Waals surface area contributed by atoms with Gasteiger partial charge in [0, 0.05) is 17.2 Å². The first-order valence-electron chi connectivity index (χ1n) is 9.19. The summed E-state index contributed by atoms with van der Waals surface area (Å²) in [5.74, 6) is 0. The van der Waals surface area contributed by atoms with Gasteiger partial charge in [-0.3, -0.25) is 0 Å². The lowest BCUT2D eigenvalue weighted by Gasteiger charge is -2.13. The van der Waals surface area contributed by atoms with Crippen molar-refractivity contribution in [2.24, 2.45) is 7.05 Å². The van der Waals surface area contributed by atoms with Crippen LogP contribution in [-0.4, -0.2) is 0 Å². The molecule has 0 radical (unpaired) electrons. The molecule has 0 spiro atoms. The summed E-state index contributed by atoms with van der Waals surface area (Å²) in [6.07, 6.45) is 2.24. The molecule has 126 valence electrons. The first kappa shape index (κ1) is 15.3. The second kappa shape index (κ2) is 5.28. The molecule has 0 amide bonds. The number of benzene rings is 3. The van der Waals surface area contributed by atoms with Gasteiger partial charge >= 0.3 is 0 Å². The fraction of sp³-hybridized carbons (Fsp3) is 0.160. The first-order chi connectivity index (χ1) is 12.6. The topological polar surface area (TPSA) is 3.88 Å². The number of rotatable bonds is 1. The zero-order chi connectivity index (χ0) is 18.0. The van der Waals surface area contributed by atoms with Crippen LogP contribution in [0, 0.1) is 20.8 Å². The number of hydrogen-bond acceptors (Lipinski definition) is 0. The third kappa shape index (κ3) is 1.94. The van der Waals surface area contributed by atoms with Crippen molar-refractivity contribution in [2.45, 2.75) is 20.8 Å². The van der Waals surface area contributed by atoms with Gasteiger partial charge in [0.15, 0.2) is 6.20 Å². The fourth-order valence-electron chi connectivity index (χ4n) is 4.49. The highest BCUT2D eigenvalue weighted by Crippen LogP contribution is 2.51. The van der Waals surface area contributed by atoms with E-state index in [0.717, 1.165) is 0 Å². The van der Waals surface area contributed by atoms with Gasteiger partial charge in [0.2, 0.25) is 5.69 Å². The van der Waals surface area contributed by atoms with E-state index in [-0.39, 0.29) is 0 Å². The van der Waals surface area contributed by atoms with E-state index in [2.05, 4.69) is 93.2 Å². The predicted molar refractivity (Wildman–Crippen MR) is 109 cm³/mol. The monoisotopic (exact) mass is 336 g/mol. The van der Waals surface area contributed by atoms with Gasteiger partial charge in [0.1, 0.15) is 7.05 Å². The highest BCUT2D eigenvalue weighted by atomic mass is 14.9. The fourth-order valence-corrected chi connectivity index (χ4v) is 4.49. The SMILES string of the molecule is Cc1cc(-c2c(C)cc3cccc4c3c2-c2ccccc2-4)[n+](C)cc1C. The maximum absolute atomic E-state index is 2.35. The van der Waals surface area contributed by atoms with Crippen molar-refractivity contribution in [3.05, 3.63) is 77.5 Å². The predicted octanol–water partition coefficient (Wildman–Crippen LogP) is 5.90. The second-order valence-corrected chi connectivity index (χ2v) is 7.53. The second-order valence-electron chi connectivity index (χ2n) is 7.53. The van der Waals surface area contributed by atoms with E-state index < -0.39 is 0 Å². The van der Waals surface area contributed by atoms with Crippen molar-refractivity contribution < 1.29 is 4.57 Å². The Hall–Kier alpha value is -2.93. The quantitative estimate of drug-likeness (QED) is 0.335. The van der Waals surface area contributed by atoms with Gasteiger partial charge in [-0.2, -0.15) is 0 Å². The summed E-state index contributed by atoms with van der Waals surface area (Å²) in [7, 11) is 2.16. The van der Waals surface area contributed by atoms with Crippen molar-refractivity contribution in [3.63, 3.8) is 0 Å². The maximum atomic E-state index is 2.35. The number of nitrogens with zero attached hydrogens (tertiary/aromatic N) is 1. The van der Waals surface area contributed by atoms with Crippen molar-refractivity contribution in [3.8, 4) is 33.5 Å². The van der Waals surface area contributed by atoms with Crippen LogP contribution < -0.4 is 4.57 Å². The largest absolute Gasteiger partial charge is 0.213 e. The minimum absolute atomic E-state index is 1.29. The van der Waals surface area contributed by atoms with E-state index in [9.17, 15) is 0 Å². The van der Waals surface area contributed by atoms with Crippen LogP contribution in [-0.2, 0) is 7.05 Å². The van der Waals surface area contributed by atoms with E-state index >= 15 is 0 Å². The van der Waals surface area contributed by atoms with Crippen LogP contribution in [0.3, 0.4) is 0 Å². The number of aromatic nitrogens is 1. The summed E-state index contributed by atoms with van der Waals surface area (Å²) in [6.45, 7) is 6.63. The smallest absolute Gasteiger partial charge is 0.201 e. The third-order valence-electron chi connectivity index (χ3n) is 5.85. The summed E-state index contributed by atoms with van der Waals surface area (Å²) in [6, 6.07) is 20.2. The Morgan fingerprint density at radius 3 is 2.19 bits per heavy atom. The molecule has 1 aromatic heterocycles. The third-order valence-corrected chi connectivity index (χ3v) is 5.85. The van der Waals surface area contributed by atoms with Crippen LogP contribution in [0.5, 0.6) is 0 Å². The Morgan fingerprint density at radius 1 is 0.654 bits per heavy atom. The van der Waals surface area contributed by atoms with Crippen LogP contribution in [0.15, 0.2) is 60.8 Å². The van der Waals surface area contributed by atoms with Gasteiger partial charge in [0.05, 0.1) is 5.56 Å². The molecule has 1 aliphatic carbocycles. The molecule has 1 heterocycles. The first-order valence-corrected chi connectivity index (χ1v) is 9.19. The summed E-state index contributed by atoms with van der Waals surface area (Å²) < 4.78 is 2.27. The van der Waals surface area contributed by atoms with E-state index in [1.807, 2.05) is 0 Å². The lowest BCUT2D eigenvalue weighted by molar-refractivity contribution is -0.660. The molecule has 0 saturated heterocycles. The average Bonchev–Trinajstić information content (AvgIpc) is 2.96. The number of hydrogen-bond donors (Lipinski definition) is 0. The van der Waals surface area contributed by atoms with Gasteiger partial charge in [-0.05, 0) is 59.4 Å². The standard InChI is InChI=1S/C25H22N/c1-15-13-22(26(4)14-17(15)3)23-16(2)12-18-8-7-11-20-19-9-5-6-10-21(19)25(23)24(18)20/h5-14H,1-4H3/q+1. The van der Waals surface area contributed by atoms with Gasteiger partial charge in [-0.25, -0.2) is 4.57 Å². The van der Waals surface area contributed by atoms with E-state index in [1.165, 1.54) is 61.0 Å². The number of aryl methyl sites for hydroxylation is 4. The zero-order valence-electron chi connectivity index (χ0n) is 15.7. The molecule has 0 fully saturated rings. The molecule has 4 aromatic rings. The summed E-state index contributed by atoms with van der Waals surface area (Å²) >= 11 is 0. The summed E-state index contributed by atoms with van der Waals surface area (Å²) in [5.41, 5.74) is 12.1. The highest BCUT2D eigenvalue weighted by molar-refractivity contribution is 6.19. The summed E-state index contributed by atoms with van der Waals surface area (Å²) in [4.78, 5) is 0. The zero-order valence-corrected chi connectivity index (χ0v) is 15.7. The van der Waals surface area contributed by atoms with Gasteiger partial charge < -0.3 is 0 Å². The van der Waals surface area contributed by atoms with Crippen molar-refractivity contribution in [1.82, 2.24) is 0 Å². The Bertz CT molecular complexity index is 1210. The molecule has 0 atom stereocenters. The van der Waals surface area contributed by atoms with Gasteiger partial charge in [-0.1, -0.05) is 48.5 Å². The van der Waals surface area contributed by atoms with Gasteiger partial charge in [0.25, 0.3) is 0 Å². The minimum Gasteiger partial charge on any atom is -0.201 e. The van der Waals surface area contributed by atoms with E-state index in [4.69, 9.17) is 0 Å². The van der Waals surface area contributed by atoms with Crippen molar-refractivity contribution >= 4 is 10.8 Å². The molecule has 0 N–H and O–H groups in total. The van der Waals surface area contributed by atoms with E-state index in [1.54, 1.807) is 0 Å². The molecule has 5 rings (SSSR count). The van der Waals surface area contributed by atoms with Crippen LogP contribution >= 0.6 is 0 Å². The minimum atomic E-state index is 1.29. The van der Waals surface area contributed by atoms with Crippen molar-refractivity contribution in [2.75, 3.05) is 0 Å². The highest BCUT2D eigenvalue weighted by Gasteiger charge is 2.28. The molecular weight excluding hydrogens is 314 g/mol. The molecule has 3 aromatic carbocycles. The van der Waals surface area contributed by atoms with E-state index in [0.29, 0.717) is 0 Å². The van der Waals surface area contributed by atoms with Crippen LogP contribution in [0.25, 0.3) is 44.3 Å². The molecule has 0 unspecified atom stereocenters. The average molecular weight is 336 g/mol. The number of fused-ring (bicyclic) bond motifs is 3. The lowest BCUT2D eigenvalue weighted by Crippen LogP contribution is -2.31. The Balaban J connectivity index is 1.98. The van der Waals surface area contributed by atoms with Gasteiger partial charge in [-0.15, -0.1) is 0 Å². The van der Waals surface area contributed by atoms with Crippen molar-refractivity contribution in [1.29, 1.82) is 0 Å². The van der Waals surface area contributed by atoms with Crippen LogP contribution in [0.4, 0.5) is 0 Å². The molecule has 0 bridgehead atoms. The molecule has 0 aliphatic heterocycles. The Labute approximate surface area is 154 Å². The Morgan fingerprint density at radius 2 is 1.38 bits per heavy atom. The Kier molecular flexibility index (Phi) is 3.12. The van der Waals surface area contributed by atoms with Crippen LogP contribution in [0.1, 0.15) is 16.7 Å². The molecule has 26 heavy (non-hydrogen) atoms. The lowest BCUT2D eigenvalue weighted by atomic mass is 9.90. The molecule has 1 heteroatoms. The normalized spacial score (nSPS) is 11.8. The maximum Gasteiger partial charge on any atom is 0.213 e. The molecule has 1 aliphatic rings. The molecule has 0 saturated carbocycles. The number of pyridine rings is 1.